The van der Waals surface area contributed by atoms with Crippen molar-refractivity contribution in [2.24, 2.45) is 0 Å². The third-order valence-electron chi connectivity index (χ3n) is 5.04. The number of nitrogens with one attached hydrogen (secondary N) is 2. The molecule has 1 aliphatic heterocycles. The number of halogens is 3. The first-order chi connectivity index (χ1) is 18.7. The van der Waals surface area contributed by atoms with Crippen molar-refractivity contribution < 1.29 is 45.4 Å². The van der Waals surface area contributed by atoms with Gasteiger partial charge in [-0.05, 0) is 45.9 Å². The van der Waals surface area contributed by atoms with E-state index in [1.165, 1.54) is 29.1 Å². The average Bonchev–Trinajstić information content (AvgIpc) is 3.32. The molecule has 1 aromatic carbocycles. The fourth-order valence-electron chi connectivity index (χ4n) is 3.03. The first kappa shape index (κ1) is 34.3. The van der Waals surface area contributed by atoms with Crippen LogP contribution in [0.2, 0.25) is 0 Å². The third kappa shape index (κ3) is 8.40. The number of aromatic nitrogens is 2. The van der Waals surface area contributed by atoms with E-state index in [-0.39, 0.29) is 47.7 Å². The number of hydrogen-bond acceptors (Lipinski definition) is 8. The van der Waals surface area contributed by atoms with Crippen molar-refractivity contribution in [3.05, 3.63) is 24.4 Å². The van der Waals surface area contributed by atoms with Crippen LogP contribution < -0.4 is 24.4 Å². The van der Waals surface area contributed by atoms with Crippen LogP contribution >= 0.6 is 0 Å². The number of carbonyl (C=O) groups is 2. The van der Waals surface area contributed by atoms with Gasteiger partial charge in [-0.25, -0.2) is 13.2 Å². The Morgan fingerprint density at radius 3 is 2.38 bits per heavy atom. The number of amides is 2. The molecule has 16 heteroatoms. The number of ether oxygens (including phenoxy) is 3. The second-order valence-corrected chi connectivity index (χ2v) is 9.96. The minimum absolute atomic E-state index is 0.0155. The molecule has 2 aromatic rings. The minimum Gasteiger partial charge on any atom is -0.489 e. The highest BCUT2D eigenvalue weighted by Crippen LogP contribution is 2.39. The van der Waals surface area contributed by atoms with Gasteiger partial charge in [0.05, 0.1) is 18.8 Å². The summed E-state index contributed by atoms with van der Waals surface area (Å²) in [5, 5.41) is 8.59. The average molecular weight is 596 g/mol. The molecule has 0 saturated carbocycles. The molecule has 0 saturated heterocycles. The van der Waals surface area contributed by atoms with Gasteiger partial charge in [0.2, 0.25) is 12.0 Å². The van der Waals surface area contributed by atoms with Crippen molar-refractivity contribution in [2.45, 2.75) is 64.8 Å². The van der Waals surface area contributed by atoms with Crippen LogP contribution in [0.1, 0.15) is 41.5 Å². The second kappa shape index (κ2) is 14.6. The molecule has 0 unspecified atom stereocenters. The molecule has 0 radical (unpaired) electrons. The van der Waals surface area contributed by atoms with Crippen LogP contribution in [-0.4, -0.2) is 69.3 Å². The zero-order valence-electron chi connectivity index (χ0n) is 23.5. The summed E-state index contributed by atoms with van der Waals surface area (Å²) in [4.78, 5) is 21.0. The quantitative estimate of drug-likeness (QED) is 0.434. The predicted octanol–water partition coefficient (Wildman–Crippen LogP) is 4.17. The zero-order valence-corrected chi connectivity index (χ0v) is 24.3. The van der Waals surface area contributed by atoms with Crippen LogP contribution in [0.4, 0.5) is 29.3 Å². The Morgan fingerprint density at radius 2 is 1.85 bits per heavy atom. The molecule has 0 fully saturated rings. The predicted molar refractivity (Wildman–Crippen MR) is 142 cm³/mol. The molecule has 2 amide bonds. The van der Waals surface area contributed by atoms with Gasteiger partial charge in [-0.1, -0.05) is 13.8 Å². The lowest BCUT2D eigenvalue weighted by Crippen LogP contribution is -2.44. The highest BCUT2D eigenvalue weighted by molar-refractivity contribution is 7.93. The monoisotopic (exact) mass is 595 g/mol. The fourth-order valence-corrected chi connectivity index (χ4v) is 4.56. The number of fused-ring (bicyclic) bond motifs is 1. The maximum absolute atomic E-state index is 13.5. The van der Waals surface area contributed by atoms with Crippen LogP contribution in [0.5, 0.6) is 11.6 Å². The summed E-state index contributed by atoms with van der Waals surface area (Å²) in [6, 6.07) is 4.04. The Bertz CT molecular complexity index is 1230. The van der Waals surface area contributed by atoms with Crippen LogP contribution in [0.25, 0.3) is 0 Å². The molecule has 3 rings (SSSR count). The van der Waals surface area contributed by atoms with Gasteiger partial charge in [0.15, 0.2) is 4.90 Å². The van der Waals surface area contributed by atoms with Gasteiger partial charge in [-0.3, -0.25) is 19.1 Å². The van der Waals surface area contributed by atoms with Crippen molar-refractivity contribution in [3.63, 3.8) is 0 Å². The van der Waals surface area contributed by atoms with Crippen molar-refractivity contribution in [3.8, 4) is 11.6 Å². The maximum Gasteiger partial charge on any atom is 0.427 e. The standard InChI is InChI=1S/C20H25F3N4O6S.C2H5NO.C2H6/c1-5-26-12-16(17(25-26)31-6-2)34(29,30)27-9-10-32-15-8-7-13(11-14(15)27)24-18(28)33-19(3,4)20(21,22)23;1-3-2-4;1-2/h7-8,11-12H,5-6,9-10H2,1-4H3,(H,24,28);2H,1H3,(H,3,4);1-2H3. The molecule has 0 aliphatic carbocycles. The molecular weight excluding hydrogens is 559 g/mol. The van der Waals surface area contributed by atoms with E-state index in [9.17, 15) is 26.4 Å². The Balaban J connectivity index is 0.00000122. The molecule has 0 spiro atoms. The summed E-state index contributed by atoms with van der Waals surface area (Å²) in [5.41, 5.74) is -2.62. The highest BCUT2D eigenvalue weighted by atomic mass is 32.2. The molecule has 2 heterocycles. The van der Waals surface area contributed by atoms with Crippen LogP contribution in [0, 0.1) is 0 Å². The van der Waals surface area contributed by atoms with E-state index in [1.54, 1.807) is 20.9 Å². The molecule has 12 nitrogen and oxygen atoms in total. The van der Waals surface area contributed by atoms with Crippen LogP contribution in [0.15, 0.2) is 29.3 Å². The lowest BCUT2D eigenvalue weighted by molar-refractivity contribution is -0.242. The summed E-state index contributed by atoms with van der Waals surface area (Å²) in [5.74, 6) is 0.162. The number of carbonyl (C=O) groups excluding carboxylic acids is 2. The van der Waals surface area contributed by atoms with Crippen molar-refractivity contribution in [1.29, 1.82) is 0 Å². The molecule has 226 valence electrons. The lowest BCUT2D eigenvalue weighted by Gasteiger charge is -2.31. The molecule has 2 N–H and O–H groups in total. The lowest BCUT2D eigenvalue weighted by atomic mass is 10.1. The van der Waals surface area contributed by atoms with Gasteiger partial charge in [0.25, 0.3) is 15.9 Å². The maximum atomic E-state index is 13.5. The molecule has 1 aliphatic rings. The van der Waals surface area contributed by atoms with Crippen LogP contribution in [0.3, 0.4) is 0 Å². The van der Waals surface area contributed by atoms with E-state index >= 15 is 0 Å². The molecule has 0 atom stereocenters. The van der Waals surface area contributed by atoms with E-state index in [1.807, 2.05) is 13.8 Å². The summed E-state index contributed by atoms with van der Waals surface area (Å²) in [6.45, 7) is 9.55. The summed E-state index contributed by atoms with van der Waals surface area (Å²) in [7, 11) is -2.60. The van der Waals surface area contributed by atoms with E-state index < -0.39 is 27.9 Å². The first-order valence-electron chi connectivity index (χ1n) is 12.4. The van der Waals surface area contributed by atoms with Crippen molar-refractivity contribution >= 4 is 33.9 Å². The molecule has 40 heavy (non-hydrogen) atoms. The number of nitrogens with zero attached hydrogens (tertiary/aromatic N) is 3. The molecule has 0 bridgehead atoms. The van der Waals surface area contributed by atoms with Crippen molar-refractivity contribution in [1.82, 2.24) is 15.1 Å². The molecular formula is C24H36F3N5O7S. The van der Waals surface area contributed by atoms with Crippen molar-refractivity contribution in [2.75, 3.05) is 36.4 Å². The fraction of sp³-hybridized carbons (Fsp3) is 0.542. The summed E-state index contributed by atoms with van der Waals surface area (Å²) >= 11 is 0. The smallest absolute Gasteiger partial charge is 0.427 e. The van der Waals surface area contributed by atoms with E-state index in [0.717, 1.165) is 4.31 Å². The largest absolute Gasteiger partial charge is 0.489 e. The highest BCUT2D eigenvalue weighted by Gasteiger charge is 2.51. The number of aryl methyl sites for hydroxylation is 1. The van der Waals surface area contributed by atoms with Gasteiger partial charge >= 0.3 is 12.3 Å². The minimum atomic E-state index is -4.78. The second-order valence-electron chi connectivity index (χ2n) is 8.12. The summed E-state index contributed by atoms with van der Waals surface area (Å²) in [6.07, 6.45) is -4.15. The Morgan fingerprint density at radius 1 is 1.23 bits per heavy atom. The SMILES string of the molecule is CC.CCOc1nn(CC)cc1S(=O)(=O)N1CCOc2ccc(NC(=O)OC(C)(C)C(F)(F)F)cc21.CNC=O. The zero-order chi connectivity index (χ0) is 30.7. The number of benzene rings is 1. The first-order valence-corrected chi connectivity index (χ1v) is 13.8. The van der Waals surface area contributed by atoms with Gasteiger partial charge < -0.3 is 19.5 Å². The summed E-state index contributed by atoms with van der Waals surface area (Å²) < 4.78 is 84.0. The van der Waals surface area contributed by atoms with E-state index in [2.05, 4.69) is 20.5 Å². The van der Waals surface area contributed by atoms with Gasteiger partial charge in [-0.15, -0.1) is 5.10 Å². The Hall–Kier alpha value is -3.69. The number of sulfonamides is 1. The van der Waals surface area contributed by atoms with E-state index in [0.29, 0.717) is 26.8 Å². The van der Waals surface area contributed by atoms with Gasteiger partial charge in [0, 0.05) is 25.5 Å². The number of rotatable bonds is 8. The van der Waals surface area contributed by atoms with Gasteiger partial charge in [0.1, 0.15) is 12.4 Å². The molecule has 1 aromatic heterocycles. The van der Waals surface area contributed by atoms with Gasteiger partial charge in [-0.2, -0.15) is 13.2 Å². The van der Waals surface area contributed by atoms with Crippen LogP contribution in [-0.2, 0) is 26.1 Å². The Kier molecular flexibility index (Phi) is 12.6. The topological polar surface area (TPSA) is 141 Å². The third-order valence-corrected chi connectivity index (χ3v) is 6.84. The number of anilines is 2. The number of alkyl halides is 3. The van der Waals surface area contributed by atoms with E-state index in [4.69, 9.17) is 14.3 Å². The number of hydrogen-bond donors (Lipinski definition) is 2. The Labute approximate surface area is 231 Å². The normalized spacial score (nSPS) is 12.8.